The molecule has 0 amide bonds. The molecule has 0 aromatic rings. The number of hydrogen-bond acceptors (Lipinski definition) is 1. The number of hydrogen-bond donors (Lipinski definition) is 0. The minimum Gasteiger partial charge on any atom is -0.198 e. The van der Waals surface area contributed by atoms with Crippen molar-refractivity contribution >= 4 is 0 Å². The fourth-order valence-electron chi connectivity index (χ4n) is 4.00. The summed E-state index contributed by atoms with van der Waals surface area (Å²) in [4.78, 5) is 0. The molecule has 4 atom stereocenters. The van der Waals surface area contributed by atoms with Gasteiger partial charge in [0.25, 0.3) is 0 Å². The van der Waals surface area contributed by atoms with Crippen molar-refractivity contribution in [1.29, 1.82) is 5.26 Å². The van der Waals surface area contributed by atoms with Crippen LogP contribution < -0.4 is 0 Å². The van der Waals surface area contributed by atoms with Crippen LogP contribution in [0.2, 0.25) is 0 Å². The quantitative estimate of drug-likeness (QED) is 0.568. The summed E-state index contributed by atoms with van der Waals surface area (Å²) >= 11 is 0. The minimum atomic E-state index is -0.0268. The molecule has 0 aromatic carbocycles. The lowest BCUT2D eigenvalue weighted by Gasteiger charge is -2.39. The van der Waals surface area contributed by atoms with Crippen LogP contribution in [-0.2, 0) is 0 Å². The Balaban J connectivity index is 0.000000686. The van der Waals surface area contributed by atoms with Crippen LogP contribution in [0.1, 0.15) is 72.6 Å². The van der Waals surface area contributed by atoms with Gasteiger partial charge >= 0.3 is 0 Å². The van der Waals surface area contributed by atoms with Crippen LogP contribution in [0.25, 0.3) is 0 Å². The zero-order valence-electron chi connectivity index (χ0n) is 12.1. The highest BCUT2D eigenvalue weighted by atomic mass is 14.5. The van der Waals surface area contributed by atoms with E-state index < -0.39 is 0 Å². The summed E-state index contributed by atoms with van der Waals surface area (Å²) in [7, 11) is 0. The number of nitrogens with zero attached hydrogens (tertiary/aromatic N) is 1. The van der Waals surface area contributed by atoms with Gasteiger partial charge in [0.05, 0.1) is 11.5 Å². The fourth-order valence-corrected chi connectivity index (χ4v) is 4.00. The number of fused-ring (bicyclic) bond motifs is 1. The summed E-state index contributed by atoms with van der Waals surface area (Å²) in [5.74, 6) is 2.30. The third-order valence-corrected chi connectivity index (χ3v) is 4.79. The minimum absolute atomic E-state index is 0.0268. The van der Waals surface area contributed by atoms with Gasteiger partial charge in [-0.2, -0.15) is 5.26 Å². The van der Waals surface area contributed by atoms with E-state index in [1.165, 1.54) is 38.5 Å². The maximum Gasteiger partial charge on any atom is 0.0689 e. The Morgan fingerprint density at radius 3 is 2.35 bits per heavy atom. The maximum absolute atomic E-state index is 9.48. The van der Waals surface area contributed by atoms with Gasteiger partial charge in [-0.3, -0.25) is 0 Å². The topological polar surface area (TPSA) is 23.8 Å². The molecular formula is C16H29N. The zero-order valence-corrected chi connectivity index (χ0v) is 12.1. The molecule has 0 saturated heterocycles. The van der Waals surface area contributed by atoms with Crippen LogP contribution >= 0.6 is 0 Å². The molecule has 2 rings (SSSR count). The summed E-state index contributed by atoms with van der Waals surface area (Å²) in [6.07, 6.45) is 9.30. The van der Waals surface area contributed by atoms with Crippen molar-refractivity contribution in [2.45, 2.75) is 72.6 Å². The smallest absolute Gasteiger partial charge is 0.0689 e. The van der Waals surface area contributed by atoms with E-state index >= 15 is 0 Å². The molecule has 0 radical (unpaired) electrons. The van der Waals surface area contributed by atoms with E-state index in [1.54, 1.807) is 0 Å². The Morgan fingerprint density at radius 1 is 1.06 bits per heavy atom. The maximum atomic E-state index is 9.48. The van der Waals surface area contributed by atoms with Crippen LogP contribution in [0.3, 0.4) is 0 Å². The van der Waals surface area contributed by atoms with Gasteiger partial charge in [0, 0.05) is 0 Å². The first-order chi connectivity index (χ1) is 8.15. The lowest BCUT2D eigenvalue weighted by molar-refractivity contribution is 0.122. The summed E-state index contributed by atoms with van der Waals surface area (Å²) in [6.45, 7) is 8.55. The van der Waals surface area contributed by atoms with E-state index in [0.29, 0.717) is 5.92 Å². The third kappa shape index (κ3) is 3.24. The Hall–Kier alpha value is -0.510. The molecule has 98 valence electrons. The summed E-state index contributed by atoms with van der Waals surface area (Å²) in [5, 5.41) is 9.48. The Kier molecular flexibility index (Phi) is 5.50. The van der Waals surface area contributed by atoms with Gasteiger partial charge in [0.1, 0.15) is 0 Å². The van der Waals surface area contributed by atoms with Gasteiger partial charge in [0.15, 0.2) is 0 Å². The molecule has 0 spiro atoms. The van der Waals surface area contributed by atoms with Crippen molar-refractivity contribution in [3.05, 3.63) is 0 Å². The second kappa shape index (κ2) is 6.43. The average molecular weight is 235 g/mol. The molecule has 1 nitrogen and oxygen atoms in total. The second-order valence-corrected chi connectivity index (χ2v) is 6.07. The Bertz CT molecular complexity index is 265. The van der Waals surface area contributed by atoms with Gasteiger partial charge in [-0.1, -0.05) is 46.5 Å². The molecule has 0 N–H and O–H groups in total. The van der Waals surface area contributed by atoms with Crippen molar-refractivity contribution in [3.8, 4) is 6.07 Å². The van der Waals surface area contributed by atoms with Crippen molar-refractivity contribution in [2.24, 2.45) is 23.2 Å². The molecular weight excluding hydrogens is 206 g/mol. The van der Waals surface area contributed by atoms with Crippen molar-refractivity contribution < 1.29 is 0 Å². The summed E-state index contributed by atoms with van der Waals surface area (Å²) < 4.78 is 0. The molecule has 0 bridgehead atoms. The predicted molar refractivity (Wildman–Crippen MR) is 73.5 cm³/mol. The van der Waals surface area contributed by atoms with E-state index in [9.17, 15) is 5.26 Å². The van der Waals surface area contributed by atoms with E-state index in [4.69, 9.17) is 0 Å². The van der Waals surface area contributed by atoms with Crippen LogP contribution in [0.5, 0.6) is 0 Å². The third-order valence-electron chi connectivity index (χ3n) is 4.79. The van der Waals surface area contributed by atoms with Crippen molar-refractivity contribution in [1.82, 2.24) is 0 Å². The molecule has 2 aliphatic carbocycles. The second-order valence-electron chi connectivity index (χ2n) is 6.07. The molecule has 2 aliphatic rings. The lowest BCUT2D eigenvalue weighted by atomic mass is 9.64. The van der Waals surface area contributed by atoms with Gasteiger partial charge in [-0.15, -0.1) is 0 Å². The molecule has 0 aromatic heterocycles. The molecule has 0 aliphatic heterocycles. The Labute approximate surface area is 108 Å². The lowest BCUT2D eigenvalue weighted by Crippen LogP contribution is -2.33. The monoisotopic (exact) mass is 235 g/mol. The first-order valence-electron chi connectivity index (χ1n) is 7.57. The van der Waals surface area contributed by atoms with Crippen LogP contribution in [0.4, 0.5) is 0 Å². The molecule has 2 saturated carbocycles. The SMILES string of the molecule is CC.CC1CCC2CCCCC2C(C)(C#N)C1. The highest BCUT2D eigenvalue weighted by Crippen LogP contribution is 2.50. The molecule has 2 fully saturated rings. The Morgan fingerprint density at radius 2 is 1.71 bits per heavy atom. The van der Waals surface area contributed by atoms with Gasteiger partial charge in [0.2, 0.25) is 0 Å². The van der Waals surface area contributed by atoms with E-state index in [0.717, 1.165) is 18.3 Å². The van der Waals surface area contributed by atoms with Crippen LogP contribution in [0, 0.1) is 34.5 Å². The van der Waals surface area contributed by atoms with Crippen LogP contribution in [0.15, 0.2) is 0 Å². The molecule has 17 heavy (non-hydrogen) atoms. The summed E-state index contributed by atoms with van der Waals surface area (Å²) in [6, 6.07) is 2.65. The number of rotatable bonds is 0. The summed E-state index contributed by atoms with van der Waals surface area (Å²) in [5.41, 5.74) is -0.0268. The van der Waals surface area contributed by atoms with Crippen molar-refractivity contribution in [3.63, 3.8) is 0 Å². The van der Waals surface area contributed by atoms with Gasteiger partial charge in [-0.05, 0) is 43.9 Å². The van der Waals surface area contributed by atoms with E-state index in [2.05, 4.69) is 19.9 Å². The zero-order chi connectivity index (χ0) is 12.9. The molecule has 4 unspecified atom stereocenters. The first-order valence-corrected chi connectivity index (χ1v) is 7.57. The predicted octanol–water partition coefficient (Wildman–Crippen LogP) is 5.17. The van der Waals surface area contributed by atoms with E-state index in [-0.39, 0.29) is 5.41 Å². The van der Waals surface area contributed by atoms with Crippen LogP contribution in [-0.4, -0.2) is 0 Å². The first kappa shape index (κ1) is 14.6. The highest BCUT2D eigenvalue weighted by Gasteiger charge is 2.43. The highest BCUT2D eigenvalue weighted by molar-refractivity contribution is 5.04. The van der Waals surface area contributed by atoms with E-state index in [1.807, 2.05) is 13.8 Å². The molecule has 0 heterocycles. The normalized spacial score (nSPS) is 41.2. The standard InChI is InChI=1S/C14H23N.C2H6/c1-11-7-8-12-5-3-4-6-13(12)14(2,9-11)10-15;1-2/h11-13H,3-9H2,1-2H3;1-2H3. The average Bonchev–Trinajstić information content (AvgIpc) is 2.51. The largest absolute Gasteiger partial charge is 0.198 e. The van der Waals surface area contributed by atoms with Gasteiger partial charge in [-0.25, -0.2) is 0 Å². The van der Waals surface area contributed by atoms with Gasteiger partial charge < -0.3 is 0 Å². The molecule has 1 heteroatoms. The number of nitriles is 1. The van der Waals surface area contributed by atoms with Crippen molar-refractivity contribution in [2.75, 3.05) is 0 Å². The fraction of sp³-hybridized carbons (Fsp3) is 0.938.